The number of ether oxygens (including phenoxy) is 9. The summed E-state index contributed by atoms with van der Waals surface area (Å²) in [6, 6.07) is 7.48. The van der Waals surface area contributed by atoms with Gasteiger partial charge in [-0.25, -0.2) is 4.79 Å². The summed E-state index contributed by atoms with van der Waals surface area (Å²) >= 11 is 0. The number of phenols is 4. The first-order valence-corrected chi connectivity index (χ1v) is 20.3. The molecule has 0 amide bonds. The molecule has 19 atom stereocenters. The number of hydrogen-bond acceptors (Lipinski definition) is 25. The molecule has 0 radical (unpaired) electrons. The van der Waals surface area contributed by atoms with Crippen LogP contribution in [0.2, 0.25) is 0 Å². The molecular weight excluding hydrogens is 880 g/mol. The summed E-state index contributed by atoms with van der Waals surface area (Å²) in [5.41, 5.74) is 0.614. The van der Waals surface area contributed by atoms with Crippen LogP contribution in [0.3, 0.4) is 0 Å². The van der Waals surface area contributed by atoms with Crippen molar-refractivity contribution in [3.8, 4) is 23.0 Å². The minimum absolute atomic E-state index is 0.00578. The van der Waals surface area contributed by atoms with Gasteiger partial charge >= 0.3 is 5.97 Å². The molecule has 364 valence electrons. The van der Waals surface area contributed by atoms with E-state index in [1.807, 2.05) is 0 Å². The molecule has 65 heavy (non-hydrogen) atoms. The van der Waals surface area contributed by atoms with Crippen molar-refractivity contribution in [3.63, 3.8) is 0 Å². The first-order chi connectivity index (χ1) is 30.9. The van der Waals surface area contributed by atoms with Crippen LogP contribution in [0, 0.1) is 0 Å². The first kappa shape index (κ1) is 50.5. The number of benzene rings is 2. The highest BCUT2D eigenvalue weighted by Gasteiger charge is 2.56. The molecule has 0 spiro atoms. The second-order valence-corrected chi connectivity index (χ2v) is 15.6. The van der Waals surface area contributed by atoms with Crippen molar-refractivity contribution in [2.24, 2.45) is 0 Å². The van der Waals surface area contributed by atoms with Crippen LogP contribution >= 0.6 is 0 Å². The molecule has 4 saturated heterocycles. The Balaban J connectivity index is 1.40. The highest BCUT2D eigenvalue weighted by atomic mass is 16.8. The van der Waals surface area contributed by atoms with Gasteiger partial charge in [-0.15, -0.1) is 0 Å². The van der Waals surface area contributed by atoms with E-state index in [9.17, 15) is 81.4 Å². The molecule has 4 aliphatic rings. The van der Waals surface area contributed by atoms with Crippen molar-refractivity contribution in [2.75, 3.05) is 33.0 Å². The molecule has 15 N–H and O–H groups in total. The Kier molecular flexibility index (Phi) is 17.3. The maximum atomic E-state index is 13.7. The lowest BCUT2D eigenvalue weighted by molar-refractivity contribution is -0.390. The van der Waals surface area contributed by atoms with Gasteiger partial charge in [-0.1, -0.05) is 12.1 Å². The summed E-state index contributed by atoms with van der Waals surface area (Å²) in [6.07, 6.45) is -32.8. The third kappa shape index (κ3) is 11.8. The van der Waals surface area contributed by atoms with Gasteiger partial charge in [-0.3, -0.25) is 0 Å². The molecule has 4 heterocycles. The predicted octanol–water partition coefficient (Wildman–Crippen LogP) is -5.76. The molecule has 6 rings (SSSR count). The number of aliphatic hydroxyl groups is 11. The molecule has 25 nitrogen and oxygen atoms in total. The van der Waals surface area contributed by atoms with Gasteiger partial charge in [0.2, 0.25) is 0 Å². The lowest BCUT2D eigenvalue weighted by atomic mass is 9.96. The minimum atomic E-state index is -2.10. The number of esters is 1. The van der Waals surface area contributed by atoms with Crippen LogP contribution in [0.1, 0.15) is 11.1 Å². The Morgan fingerprint density at radius 1 is 0.585 bits per heavy atom. The molecule has 0 aliphatic carbocycles. The highest BCUT2D eigenvalue weighted by Crippen LogP contribution is 2.36. The normalized spacial score (nSPS) is 39.0. The molecule has 2 aromatic rings. The zero-order valence-electron chi connectivity index (χ0n) is 34.1. The van der Waals surface area contributed by atoms with E-state index in [0.29, 0.717) is 5.56 Å². The second kappa shape index (κ2) is 22.3. The molecule has 0 unspecified atom stereocenters. The molecule has 4 aliphatic heterocycles. The van der Waals surface area contributed by atoms with Crippen molar-refractivity contribution in [3.05, 3.63) is 53.6 Å². The zero-order chi connectivity index (χ0) is 47.3. The third-order valence-electron chi connectivity index (χ3n) is 11.1. The molecular formula is C40H54O25. The molecule has 4 fully saturated rings. The number of rotatable bonds is 16. The van der Waals surface area contributed by atoms with Gasteiger partial charge in [0.1, 0.15) is 85.5 Å². The van der Waals surface area contributed by atoms with Crippen LogP contribution in [0.4, 0.5) is 0 Å². The number of carbonyl (C=O) groups excluding carboxylic acids is 1. The van der Waals surface area contributed by atoms with E-state index in [1.165, 1.54) is 24.3 Å². The zero-order valence-corrected chi connectivity index (χ0v) is 34.1. The van der Waals surface area contributed by atoms with Crippen LogP contribution in [-0.4, -0.2) is 232 Å². The quantitative estimate of drug-likeness (QED) is 0.0424. The molecule has 2 aromatic carbocycles. The van der Waals surface area contributed by atoms with Crippen molar-refractivity contribution in [2.45, 2.75) is 123 Å². The number of hydrogen-bond donors (Lipinski definition) is 15. The summed E-state index contributed by atoms with van der Waals surface area (Å²) in [7, 11) is 0. The summed E-state index contributed by atoms with van der Waals surface area (Å²) in [5.74, 6) is -3.05. The Morgan fingerprint density at radius 2 is 1.15 bits per heavy atom. The van der Waals surface area contributed by atoms with E-state index < -0.39 is 172 Å². The summed E-state index contributed by atoms with van der Waals surface area (Å²) < 4.78 is 53.0. The fourth-order valence-corrected chi connectivity index (χ4v) is 7.37. The van der Waals surface area contributed by atoms with Crippen LogP contribution in [0.15, 0.2) is 42.5 Å². The number of phenolic OH excluding ortho intramolecular Hbond substituents is 4. The average molecular weight is 935 g/mol. The summed E-state index contributed by atoms with van der Waals surface area (Å²) in [6.45, 7) is -3.46. The van der Waals surface area contributed by atoms with Crippen LogP contribution in [0.5, 0.6) is 23.0 Å². The average Bonchev–Trinajstić information content (AvgIpc) is 3.28. The van der Waals surface area contributed by atoms with Gasteiger partial charge in [0, 0.05) is 6.08 Å². The van der Waals surface area contributed by atoms with Crippen molar-refractivity contribution < 1.29 is 124 Å². The van der Waals surface area contributed by atoms with Crippen LogP contribution in [0.25, 0.3) is 6.08 Å². The maximum absolute atomic E-state index is 13.7. The summed E-state index contributed by atoms with van der Waals surface area (Å²) in [5, 5.41) is 155. The molecule has 0 bridgehead atoms. The molecule has 0 saturated carbocycles. The fourth-order valence-electron chi connectivity index (χ4n) is 7.37. The van der Waals surface area contributed by atoms with E-state index in [0.717, 1.165) is 24.3 Å². The monoisotopic (exact) mass is 934 g/mol. The second-order valence-electron chi connectivity index (χ2n) is 15.6. The van der Waals surface area contributed by atoms with E-state index in [2.05, 4.69) is 0 Å². The van der Waals surface area contributed by atoms with E-state index in [1.54, 1.807) is 0 Å². The van der Waals surface area contributed by atoms with Gasteiger partial charge < -0.3 is 119 Å². The van der Waals surface area contributed by atoms with Gasteiger partial charge in [0.05, 0.1) is 33.0 Å². The van der Waals surface area contributed by atoms with Gasteiger partial charge in [-0.2, -0.15) is 0 Å². The SMILES string of the molecule is O=C(/C=C/c1ccc(O)c(O)c1)O[C@H]1[C@H](O[C@@H]2O[C@H](CO)[C@@H](O)[C@H](O)[C@H]2O)[C@@H](O[C@@H]2OC[C@@H](O)[C@H](O)[C@H]2O)[C@H](OCCc2ccc(O)c(O)c2)O[C@@H]1CO[C@@H]1O[C@H](CO)[C@@H](O)[C@H](O)[C@H]1O. The Bertz CT molecular complexity index is 1880. The fraction of sp³-hybridized carbons (Fsp3) is 0.625. The van der Waals surface area contributed by atoms with E-state index in [4.69, 9.17) is 42.6 Å². The maximum Gasteiger partial charge on any atom is 0.331 e. The number of aliphatic hydroxyl groups excluding tert-OH is 11. The third-order valence-corrected chi connectivity index (χ3v) is 11.1. The topological polar surface area (TPSA) is 404 Å². The Hall–Kier alpha value is -3.91. The predicted molar refractivity (Wildman–Crippen MR) is 208 cm³/mol. The Labute approximate surface area is 368 Å². The first-order valence-electron chi connectivity index (χ1n) is 20.3. The van der Waals surface area contributed by atoms with Gasteiger partial charge in [-0.05, 0) is 47.9 Å². The molecule has 0 aromatic heterocycles. The summed E-state index contributed by atoms with van der Waals surface area (Å²) in [4.78, 5) is 13.7. The minimum Gasteiger partial charge on any atom is -0.504 e. The number of carbonyl (C=O) groups is 1. The van der Waals surface area contributed by atoms with Gasteiger partial charge in [0.25, 0.3) is 0 Å². The van der Waals surface area contributed by atoms with Crippen molar-refractivity contribution in [1.82, 2.24) is 0 Å². The van der Waals surface area contributed by atoms with Gasteiger partial charge in [0.15, 0.2) is 54.3 Å². The Morgan fingerprint density at radius 3 is 1.78 bits per heavy atom. The van der Waals surface area contributed by atoms with E-state index >= 15 is 0 Å². The van der Waals surface area contributed by atoms with Crippen LogP contribution in [-0.2, 0) is 53.8 Å². The van der Waals surface area contributed by atoms with Crippen molar-refractivity contribution >= 4 is 12.0 Å². The van der Waals surface area contributed by atoms with E-state index in [-0.39, 0.29) is 18.6 Å². The molecule has 25 heteroatoms. The van der Waals surface area contributed by atoms with Crippen LogP contribution < -0.4 is 0 Å². The highest BCUT2D eigenvalue weighted by molar-refractivity contribution is 5.87. The number of aromatic hydroxyl groups is 4. The lowest BCUT2D eigenvalue weighted by Gasteiger charge is -2.49. The largest absolute Gasteiger partial charge is 0.504 e. The lowest BCUT2D eigenvalue weighted by Crippen LogP contribution is -2.67. The van der Waals surface area contributed by atoms with Crippen molar-refractivity contribution in [1.29, 1.82) is 0 Å². The smallest absolute Gasteiger partial charge is 0.331 e. The standard InChI is InChI=1S/C40H54O25/c41-11-22-27(50)29(52)32(55)37(60-22)59-14-24-34(63-25(48)6-3-15-1-4-17(43)19(45)9-15)35(64-39-33(56)30(53)28(51)23(12-42)61-39)36(65-38-31(54)26(49)21(47)13-58-38)40(62-24)57-8-7-16-2-5-18(44)20(46)10-16/h1-6,9-10,21-24,26-47,49-56H,7-8,11-14H2/b6-3+/t21-,22-,23-,24-,26+,27-,28-,29+,30+,31-,32-,33-,34-,35+,36-,37-,38+,39+,40-/m1/s1.